The van der Waals surface area contributed by atoms with E-state index in [1.54, 1.807) is 6.07 Å². The lowest BCUT2D eigenvalue weighted by Gasteiger charge is -2.45. The minimum atomic E-state index is 0.233. The fourth-order valence-corrected chi connectivity index (χ4v) is 4.61. The lowest BCUT2D eigenvalue weighted by Crippen LogP contribution is -2.40. The summed E-state index contributed by atoms with van der Waals surface area (Å²) in [4.78, 5) is 12.4. The average molecular weight is 286 g/mol. The summed E-state index contributed by atoms with van der Waals surface area (Å²) in [6, 6.07) is 5.74. The summed E-state index contributed by atoms with van der Waals surface area (Å²) in [6.07, 6.45) is 6.55. The van der Waals surface area contributed by atoms with Crippen molar-refractivity contribution in [3.05, 3.63) is 29.3 Å². The quantitative estimate of drug-likeness (QED) is 0.891. The zero-order valence-corrected chi connectivity index (χ0v) is 13.1. The standard InChI is InChI=1S/C19H26O2/c1-3-4-5-15-12(2)19(21)11-18-16-9-7-14(20)10-13(16)6-8-17(15)18/h7,9-10,12,15,17-18,20H,3-6,8,11H2,1-2H3/t12-,15-,17-,18+/m0/s1. The highest BCUT2D eigenvalue weighted by Gasteiger charge is 2.44. The first-order valence-corrected chi connectivity index (χ1v) is 8.46. The zero-order chi connectivity index (χ0) is 15.0. The Morgan fingerprint density at radius 2 is 2.14 bits per heavy atom. The maximum Gasteiger partial charge on any atom is 0.136 e. The van der Waals surface area contributed by atoms with E-state index in [9.17, 15) is 9.90 Å². The summed E-state index contributed by atoms with van der Waals surface area (Å²) in [7, 11) is 0. The van der Waals surface area contributed by atoms with Crippen LogP contribution in [0.3, 0.4) is 0 Å². The molecule has 0 radical (unpaired) electrons. The minimum Gasteiger partial charge on any atom is -0.508 e. The number of phenolic OH excluding ortho intramolecular Hbond substituents is 1. The molecule has 1 aromatic rings. The van der Waals surface area contributed by atoms with Gasteiger partial charge in [0.2, 0.25) is 0 Å². The predicted octanol–water partition coefficient (Wildman–Crippen LogP) is 4.45. The molecule has 21 heavy (non-hydrogen) atoms. The number of hydrogen-bond donors (Lipinski definition) is 1. The molecule has 2 nitrogen and oxygen atoms in total. The number of carbonyl (C=O) groups excluding carboxylic acids is 1. The molecule has 2 aliphatic carbocycles. The molecule has 0 spiro atoms. The number of fused-ring (bicyclic) bond motifs is 3. The molecule has 3 rings (SSSR count). The fraction of sp³-hybridized carbons (Fsp3) is 0.632. The van der Waals surface area contributed by atoms with Gasteiger partial charge in [0.05, 0.1) is 0 Å². The van der Waals surface area contributed by atoms with E-state index >= 15 is 0 Å². The van der Waals surface area contributed by atoms with Gasteiger partial charge in [-0.3, -0.25) is 4.79 Å². The van der Waals surface area contributed by atoms with Gasteiger partial charge in [-0.15, -0.1) is 0 Å². The molecule has 1 fully saturated rings. The van der Waals surface area contributed by atoms with E-state index in [4.69, 9.17) is 0 Å². The molecule has 0 bridgehead atoms. The van der Waals surface area contributed by atoms with Crippen molar-refractivity contribution in [2.75, 3.05) is 0 Å². The minimum absolute atomic E-state index is 0.233. The molecule has 4 atom stereocenters. The smallest absolute Gasteiger partial charge is 0.136 e. The van der Waals surface area contributed by atoms with Gasteiger partial charge in [-0.2, -0.15) is 0 Å². The van der Waals surface area contributed by atoms with Crippen LogP contribution >= 0.6 is 0 Å². The first kappa shape index (κ1) is 14.6. The van der Waals surface area contributed by atoms with Crippen molar-refractivity contribution in [2.24, 2.45) is 17.8 Å². The van der Waals surface area contributed by atoms with Crippen molar-refractivity contribution < 1.29 is 9.90 Å². The van der Waals surface area contributed by atoms with Crippen molar-refractivity contribution in [1.29, 1.82) is 0 Å². The van der Waals surface area contributed by atoms with E-state index in [2.05, 4.69) is 19.9 Å². The molecule has 0 aromatic heterocycles. The van der Waals surface area contributed by atoms with Gasteiger partial charge in [-0.25, -0.2) is 0 Å². The number of benzene rings is 1. The third-order valence-electron chi connectivity index (χ3n) is 5.80. The highest BCUT2D eigenvalue weighted by Crippen LogP contribution is 2.50. The average Bonchev–Trinajstić information content (AvgIpc) is 2.47. The van der Waals surface area contributed by atoms with Gasteiger partial charge >= 0.3 is 0 Å². The summed E-state index contributed by atoms with van der Waals surface area (Å²) in [5.41, 5.74) is 2.58. The number of carbonyl (C=O) groups is 1. The summed E-state index contributed by atoms with van der Waals surface area (Å²) < 4.78 is 0. The number of phenols is 1. The molecule has 0 unspecified atom stereocenters. The Labute approximate surface area is 127 Å². The van der Waals surface area contributed by atoms with Gasteiger partial charge in [0.1, 0.15) is 11.5 Å². The normalized spacial score (nSPS) is 31.6. The monoisotopic (exact) mass is 286 g/mol. The zero-order valence-electron chi connectivity index (χ0n) is 13.1. The Morgan fingerprint density at radius 1 is 1.33 bits per heavy atom. The van der Waals surface area contributed by atoms with E-state index in [-0.39, 0.29) is 5.92 Å². The largest absolute Gasteiger partial charge is 0.508 e. The van der Waals surface area contributed by atoms with Crippen LogP contribution in [0.25, 0.3) is 0 Å². The fourth-order valence-electron chi connectivity index (χ4n) is 4.61. The van der Waals surface area contributed by atoms with Crippen molar-refractivity contribution in [1.82, 2.24) is 0 Å². The van der Waals surface area contributed by atoms with E-state index in [1.807, 2.05) is 6.07 Å². The Bertz CT molecular complexity index is 534. The predicted molar refractivity (Wildman–Crippen MR) is 84.5 cm³/mol. The topological polar surface area (TPSA) is 37.3 Å². The third kappa shape index (κ3) is 2.61. The highest BCUT2D eigenvalue weighted by molar-refractivity contribution is 5.83. The molecule has 2 heteroatoms. The summed E-state index contributed by atoms with van der Waals surface area (Å²) in [5, 5.41) is 9.68. The summed E-state index contributed by atoms with van der Waals surface area (Å²) in [5.74, 6) is 2.62. The lowest BCUT2D eigenvalue weighted by atomic mass is 9.59. The molecule has 0 saturated heterocycles. The summed E-state index contributed by atoms with van der Waals surface area (Å²) >= 11 is 0. The van der Waals surface area contributed by atoms with Crippen LogP contribution in [0, 0.1) is 17.8 Å². The molecule has 0 heterocycles. The number of Topliss-reactive ketones (excluding diaryl/α,β-unsaturated/α-hetero) is 1. The maximum absolute atomic E-state index is 12.4. The second-order valence-electron chi connectivity index (χ2n) is 6.96. The van der Waals surface area contributed by atoms with Gasteiger partial charge < -0.3 is 5.11 Å². The van der Waals surface area contributed by atoms with Crippen LogP contribution in [0.2, 0.25) is 0 Å². The first-order chi connectivity index (χ1) is 10.1. The molecule has 1 saturated carbocycles. The van der Waals surface area contributed by atoms with Gasteiger partial charge in [-0.05, 0) is 60.3 Å². The second-order valence-corrected chi connectivity index (χ2v) is 6.96. The van der Waals surface area contributed by atoms with Crippen LogP contribution in [0.1, 0.15) is 63.0 Å². The highest BCUT2D eigenvalue weighted by atomic mass is 16.3. The third-order valence-corrected chi connectivity index (χ3v) is 5.80. The number of ketones is 1. The Morgan fingerprint density at radius 3 is 2.90 bits per heavy atom. The van der Waals surface area contributed by atoms with Gasteiger partial charge in [0.15, 0.2) is 0 Å². The van der Waals surface area contributed by atoms with Gasteiger partial charge in [-0.1, -0.05) is 32.8 Å². The van der Waals surface area contributed by atoms with Crippen molar-refractivity contribution in [3.8, 4) is 5.75 Å². The van der Waals surface area contributed by atoms with Gasteiger partial charge in [0, 0.05) is 12.3 Å². The molecule has 2 aliphatic rings. The lowest BCUT2D eigenvalue weighted by molar-refractivity contribution is -0.129. The Kier molecular flexibility index (Phi) is 4.05. The second kappa shape index (κ2) is 5.82. The van der Waals surface area contributed by atoms with E-state index < -0.39 is 0 Å². The molecule has 114 valence electrons. The summed E-state index contributed by atoms with van der Waals surface area (Å²) in [6.45, 7) is 4.37. The van der Waals surface area contributed by atoms with E-state index in [0.717, 1.165) is 6.42 Å². The number of aromatic hydroxyl groups is 1. The SMILES string of the molecule is CCCC[C@@H]1[C@@H]2CCc3cc(O)ccc3[C@H]2CC(=O)[C@H]1C. The van der Waals surface area contributed by atoms with Crippen LogP contribution in [0.5, 0.6) is 5.75 Å². The Balaban J connectivity index is 1.92. The molecule has 0 amide bonds. The van der Waals surface area contributed by atoms with Crippen molar-refractivity contribution >= 4 is 5.78 Å². The van der Waals surface area contributed by atoms with Crippen molar-refractivity contribution in [3.63, 3.8) is 0 Å². The van der Waals surface area contributed by atoms with Gasteiger partial charge in [0.25, 0.3) is 0 Å². The number of rotatable bonds is 3. The van der Waals surface area contributed by atoms with Crippen LogP contribution in [-0.2, 0) is 11.2 Å². The maximum atomic E-state index is 12.4. The number of unbranched alkanes of at least 4 members (excludes halogenated alkanes) is 1. The Hall–Kier alpha value is -1.31. The molecular weight excluding hydrogens is 260 g/mol. The van der Waals surface area contributed by atoms with Crippen LogP contribution in [-0.4, -0.2) is 10.9 Å². The van der Waals surface area contributed by atoms with E-state index in [0.29, 0.717) is 35.7 Å². The molecule has 1 aromatic carbocycles. The molecular formula is C19H26O2. The number of aryl methyl sites for hydroxylation is 1. The first-order valence-electron chi connectivity index (χ1n) is 8.46. The number of hydrogen-bond acceptors (Lipinski definition) is 2. The molecule has 1 N–H and O–H groups in total. The van der Waals surface area contributed by atoms with Crippen LogP contribution < -0.4 is 0 Å². The van der Waals surface area contributed by atoms with Crippen LogP contribution in [0.4, 0.5) is 0 Å². The molecule has 0 aliphatic heterocycles. The van der Waals surface area contributed by atoms with Crippen LogP contribution in [0.15, 0.2) is 18.2 Å². The van der Waals surface area contributed by atoms with Crippen molar-refractivity contribution in [2.45, 2.75) is 58.3 Å². The van der Waals surface area contributed by atoms with E-state index in [1.165, 1.54) is 36.8 Å².